The van der Waals surface area contributed by atoms with Gasteiger partial charge in [-0.15, -0.1) is 13.2 Å². The van der Waals surface area contributed by atoms with Crippen LogP contribution in [-0.2, 0) is 4.74 Å². The van der Waals surface area contributed by atoms with Crippen molar-refractivity contribution in [1.29, 1.82) is 5.26 Å². The van der Waals surface area contributed by atoms with Crippen molar-refractivity contribution in [2.45, 2.75) is 13.3 Å². The van der Waals surface area contributed by atoms with E-state index in [2.05, 4.69) is 9.47 Å². The van der Waals surface area contributed by atoms with Crippen molar-refractivity contribution in [2.75, 3.05) is 12.8 Å². The highest BCUT2D eigenvalue weighted by molar-refractivity contribution is 6.32. The lowest BCUT2D eigenvalue weighted by molar-refractivity contribution is -0.274. The monoisotopic (exact) mass is 373 g/mol. The Labute approximate surface area is 145 Å². The molecule has 2 N–H and O–H groups in total. The molecule has 6 nitrogen and oxygen atoms in total. The van der Waals surface area contributed by atoms with E-state index in [-0.39, 0.29) is 27.7 Å². The van der Waals surface area contributed by atoms with E-state index in [4.69, 9.17) is 22.6 Å². The van der Waals surface area contributed by atoms with Crippen LogP contribution in [0.4, 0.5) is 18.9 Å². The fourth-order valence-electron chi connectivity index (χ4n) is 2.21. The number of hydrogen-bond acceptors (Lipinski definition) is 5. The van der Waals surface area contributed by atoms with E-state index in [1.165, 1.54) is 23.8 Å². The Morgan fingerprint density at radius 1 is 1.40 bits per heavy atom. The first-order valence-electron chi connectivity index (χ1n) is 6.64. The molecule has 0 saturated carbocycles. The molecule has 0 aliphatic heterocycles. The van der Waals surface area contributed by atoms with E-state index in [0.29, 0.717) is 5.56 Å². The van der Waals surface area contributed by atoms with Gasteiger partial charge in [-0.2, -0.15) is 5.26 Å². The minimum atomic E-state index is -4.90. The molecule has 1 heterocycles. The maximum Gasteiger partial charge on any atom is 0.573 e. The van der Waals surface area contributed by atoms with Gasteiger partial charge >= 0.3 is 12.3 Å². The van der Waals surface area contributed by atoms with Gasteiger partial charge in [-0.3, -0.25) is 0 Å². The van der Waals surface area contributed by atoms with Crippen LogP contribution in [0.1, 0.15) is 21.6 Å². The molecule has 0 unspecified atom stereocenters. The molecule has 2 aromatic rings. The molecule has 10 heteroatoms. The summed E-state index contributed by atoms with van der Waals surface area (Å²) in [7, 11) is 1.13. The maximum absolute atomic E-state index is 12.4. The summed E-state index contributed by atoms with van der Waals surface area (Å²) in [4.78, 5) is 12.0. The second-order valence-corrected chi connectivity index (χ2v) is 5.30. The maximum atomic E-state index is 12.4. The minimum Gasteiger partial charge on any atom is -0.464 e. The number of nitrogen functional groups attached to an aromatic ring is 1. The number of nitrogens with zero attached hydrogens (tertiary/aromatic N) is 2. The number of benzene rings is 1. The number of carbonyl (C=O) groups is 1. The number of methoxy groups -OCH3 is 1. The zero-order valence-electron chi connectivity index (χ0n) is 12.9. The molecule has 0 atom stereocenters. The summed E-state index contributed by atoms with van der Waals surface area (Å²) in [5, 5.41) is 8.75. The molecule has 0 aliphatic carbocycles. The third-order valence-corrected chi connectivity index (χ3v) is 3.57. The smallest absolute Gasteiger partial charge is 0.464 e. The molecule has 0 radical (unpaired) electrons. The van der Waals surface area contributed by atoms with Gasteiger partial charge in [-0.25, -0.2) is 4.79 Å². The summed E-state index contributed by atoms with van der Waals surface area (Å²) in [5.41, 5.74) is 6.08. The first-order chi connectivity index (χ1) is 11.6. The first-order valence-corrected chi connectivity index (χ1v) is 7.02. The highest BCUT2D eigenvalue weighted by atomic mass is 35.5. The molecule has 0 spiro atoms. The van der Waals surface area contributed by atoms with E-state index >= 15 is 0 Å². The highest BCUT2D eigenvalue weighted by Gasteiger charge is 2.32. The van der Waals surface area contributed by atoms with Crippen molar-refractivity contribution < 1.29 is 27.4 Å². The lowest BCUT2D eigenvalue weighted by Gasteiger charge is -2.15. The van der Waals surface area contributed by atoms with E-state index < -0.39 is 18.1 Å². The molecule has 1 aromatic carbocycles. The number of ether oxygens (including phenoxy) is 2. The van der Waals surface area contributed by atoms with Crippen LogP contribution < -0.4 is 10.5 Å². The van der Waals surface area contributed by atoms with Crippen LogP contribution in [0, 0.1) is 18.3 Å². The van der Waals surface area contributed by atoms with Gasteiger partial charge < -0.3 is 19.8 Å². The van der Waals surface area contributed by atoms with E-state index in [9.17, 15) is 18.0 Å². The summed E-state index contributed by atoms with van der Waals surface area (Å²) in [6.07, 6.45) is -3.63. The Bertz CT molecular complexity index is 885. The number of halogens is 4. The van der Waals surface area contributed by atoms with Crippen LogP contribution in [0.2, 0.25) is 5.02 Å². The first kappa shape index (κ1) is 18.5. The number of aryl methyl sites for hydroxylation is 1. The number of hydrogen-bond donors (Lipinski definition) is 1. The van der Waals surface area contributed by atoms with Crippen LogP contribution in [-0.4, -0.2) is 24.0 Å². The van der Waals surface area contributed by atoms with E-state index in [0.717, 1.165) is 13.2 Å². The summed E-state index contributed by atoms with van der Waals surface area (Å²) in [6, 6.07) is 4.06. The molecular formula is C15H11ClF3N3O3. The fraction of sp³-hybridized carbons (Fsp3) is 0.200. The van der Waals surface area contributed by atoms with Gasteiger partial charge in [0.05, 0.1) is 29.1 Å². The number of esters is 1. The molecule has 132 valence electrons. The number of nitrogens with two attached hydrogens (primary N) is 1. The number of nitriles is 1. The third kappa shape index (κ3) is 3.64. The van der Waals surface area contributed by atoms with Gasteiger partial charge in [0, 0.05) is 6.20 Å². The Kier molecular flexibility index (Phi) is 4.85. The Morgan fingerprint density at radius 3 is 2.56 bits per heavy atom. The zero-order chi connectivity index (χ0) is 18.9. The lowest BCUT2D eigenvalue weighted by atomic mass is 10.2. The largest absolute Gasteiger partial charge is 0.573 e. The average Bonchev–Trinajstić information content (AvgIpc) is 2.85. The van der Waals surface area contributed by atoms with Crippen LogP contribution in [0.25, 0.3) is 5.69 Å². The van der Waals surface area contributed by atoms with Crippen LogP contribution in [0.15, 0.2) is 18.3 Å². The molecule has 0 fully saturated rings. The molecule has 0 bridgehead atoms. The van der Waals surface area contributed by atoms with Crippen molar-refractivity contribution in [3.8, 4) is 17.5 Å². The second-order valence-electron chi connectivity index (χ2n) is 4.90. The van der Waals surface area contributed by atoms with Gasteiger partial charge in [-0.1, -0.05) is 11.6 Å². The fourth-order valence-corrected chi connectivity index (χ4v) is 2.41. The third-order valence-electron chi connectivity index (χ3n) is 3.28. The molecule has 0 saturated heterocycles. The number of anilines is 1. The summed E-state index contributed by atoms with van der Waals surface area (Å²) < 4.78 is 46.9. The average molecular weight is 374 g/mol. The Balaban J connectivity index is 2.66. The van der Waals surface area contributed by atoms with Crippen LogP contribution in [0.5, 0.6) is 5.75 Å². The van der Waals surface area contributed by atoms with Crippen molar-refractivity contribution in [3.63, 3.8) is 0 Å². The Hall–Kier alpha value is -2.86. The lowest BCUT2D eigenvalue weighted by Crippen LogP contribution is -2.18. The van der Waals surface area contributed by atoms with Gasteiger partial charge in [-0.05, 0) is 24.6 Å². The van der Waals surface area contributed by atoms with Crippen LogP contribution in [0.3, 0.4) is 0 Å². The second kappa shape index (κ2) is 6.57. The van der Waals surface area contributed by atoms with Crippen molar-refractivity contribution in [1.82, 2.24) is 4.57 Å². The normalized spacial score (nSPS) is 11.1. The van der Waals surface area contributed by atoms with Crippen molar-refractivity contribution in [2.24, 2.45) is 0 Å². The molecule has 0 aliphatic rings. The van der Waals surface area contributed by atoms with E-state index in [1.54, 1.807) is 0 Å². The van der Waals surface area contributed by atoms with Crippen molar-refractivity contribution in [3.05, 3.63) is 40.2 Å². The van der Waals surface area contributed by atoms with Gasteiger partial charge in [0.25, 0.3) is 0 Å². The van der Waals surface area contributed by atoms with Crippen molar-refractivity contribution >= 4 is 23.3 Å². The SMILES string of the molecule is COC(=O)c1c(N)c(C#N)cn1-c1cc(Cl)c(OC(F)(F)F)cc1C. The van der Waals surface area contributed by atoms with Crippen LogP contribution >= 0.6 is 11.6 Å². The standard InChI is InChI=1S/C15H11ClF3N3O3/c1-7-3-11(25-15(17,18)19)9(16)4-10(7)22-6-8(5-20)12(21)13(22)14(23)24-2/h3-4,6H,21H2,1-2H3. The minimum absolute atomic E-state index is 0.00606. The van der Waals surface area contributed by atoms with Gasteiger partial charge in [0.1, 0.15) is 11.8 Å². The summed E-state index contributed by atoms with van der Waals surface area (Å²) in [6.45, 7) is 1.48. The summed E-state index contributed by atoms with van der Waals surface area (Å²) in [5.74, 6) is -1.40. The Morgan fingerprint density at radius 2 is 2.04 bits per heavy atom. The number of carbonyl (C=O) groups excluding carboxylic acids is 1. The number of rotatable bonds is 3. The summed E-state index contributed by atoms with van der Waals surface area (Å²) >= 11 is 5.85. The van der Waals surface area contributed by atoms with E-state index in [1.807, 2.05) is 6.07 Å². The molecule has 25 heavy (non-hydrogen) atoms. The molecule has 0 amide bonds. The quantitative estimate of drug-likeness (QED) is 0.830. The van der Waals surface area contributed by atoms with Gasteiger partial charge in [0.15, 0.2) is 5.69 Å². The predicted octanol–water partition coefficient (Wildman–Crippen LogP) is 3.58. The van der Waals surface area contributed by atoms with Gasteiger partial charge in [0.2, 0.25) is 0 Å². The number of aromatic nitrogens is 1. The topological polar surface area (TPSA) is 90.3 Å². The predicted molar refractivity (Wildman–Crippen MR) is 82.7 cm³/mol. The number of alkyl halides is 3. The highest BCUT2D eigenvalue weighted by Crippen LogP contribution is 2.35. The molecule has 2 rings (SSSR count). The molecular weight excluding hydrogens is 363 g/mol. The zero-order valence-corrected chi connectivity index (χ0v) is 13.7. The molecule has 1 aromatic heterocycles.